The average molecular weight is 274 g/mol. The van der Waals surface area contributed by atoms with E-state index in [0.717, 1.165) is 11.9 Å². The highest BCUT2D eigenvalue weighted by Gasteiger charge is 2.14. The van der Waals surface area contributed by atoms with E-state index in [2.05, 4.69) is 5.32 Å². The topological polar surface area (TPSA) is 60.3 Å². The maximum absolute atomic E-state index is 12.4. The molecule has 1 aromatic carbocycles. The van der Waals surface area contributed by atoms with E-state index >= 15 is 0 Å². The number of rotatable bonds is 5. The summed E-state index contributed by atoms with van der Waals surface area (Å²) in [6.07, 6.45) is 2.38. The Morgan fingerprint density at radius 3 is 2.80 bits per heavy atom. The van der Waals surface area contributed by atoms with Crippen LogP contribution in [0, 0.1) is 0 Å². The van der Waals surface area contributed by atoms with E-state index in [4.69, 9.17) is 4.74 Å². The zero-order valence-corrected chi connectivity index (χ0v) is 11.7. The lowest BCUT2D eigenvalue weighted by Crippen LogP contribution is -2.30. The summed E-state index contributed by atoms with van der Waals surface area (Å²) >= 11 is 0. The average Bonchev–Trinajstić information content (AvgIpc) is 2.48. The number of hydrogen-bond acceptors (Lipinski definition) is 3. The second-order valence-corrected chi connectivity index (χ2v) is 4.53. The summed E-state index contributed by atoms with van der Waals surface area (Å²) in [7, 11) is 1.57. The summed E-state index contributed by atoms with van der Waals surface area (Å²) in [5, 5.41) is 3.25. The first-order valence-electron chi connectivity index (χ1n) is 6.58. The third-order valence-electron chi connectivity index (χ3n) is 3.04. The van der Waals surface area contributed by atoms with Gasteiger partial charge in [-0.3, -0.25) is 9.59 Å². The number of hydrogen-bond donors (Lipinski definition) is 1. The molecule has 5 heteroatoms. The van der Waals surface area contributed by atoms with E-state index in [9.17, 15) is 9.59 Å². The minimum atomic E-state index is -0.340. The van der Waals surface area contributed by atoms with Crippen LogP contribution in [0.25, 0.3) is 10.9 Å². The lowest BCUT2D eigenvalue weighted by Gasteiger charge is -2.12. The summed E-state index contributed by atoms with van der Waals surface area (Å²) in [4.78, 5) is 24.4. The highest BCUT2D eigenvalue weighted by molar-refractivity contribution is 5.97. The number of nitrogens with one attached hydrogen (secondary N) is 1. The van der Waals surface area contributed by atoms with Gasteiger partial charge in [-0.15, -0.1) is 0 Å². The van der Waals surface area contributed by atoms with Crippen molar-refractivity contribution >= 4 is 16.8 Å². The molecule has 1 N–H and O–H groups in total. The molecule has 0 aliphatic carbocycles. The van der Waals surface area contributed by atoms with Crippen LogP contribution in [0.15, 0.2) is 35.3 Å². The number of para-hydroxylation sites is 1. The van der Waals surface area contributed by atoms with Crippen LogP contribution in [-0.4, -0.2) is 24.1 Å². The zero-order valence-electron chi connectivity index (χ0n) is 11.7. The number of ether oxygens (including phenoxy) is 1. The number of amides is 1. The van der Waals surface area contributed by atoms with Crippen molar-refractivity contribution in [3.05, 3.63) is 46.2 Å². The molecule has 0 radical (unpaired) electrons. The van der Waals surface area contributed by atoms with Gasteiger partial charge in [-0.1, -0.05) is 19.1 Å². The van der Waals surface area contributed by atoms with Crippen LogP contribution < -0.4 is 10.7 Å². The summed E-state index contributed by atoms with van der Waals surface area (Å²) in [5.74, 6) is -0.340. The summed E-state index contributed by atoms with van der Waals surface area (Å²) in [6.45, 7) is 2.80. The van der Waals surface area contributed by atoms with Gasteiger partial charge >= 0.3 is 0 Å². The molecule has 0 spiro atoms. The van der Waals surface area contributed by atoms with Gasteiger partial charge in [0.25, 0.3) is 5.91 Å². The third-order valence-corrected chi connectivity index (χ3v) is 3.04. The second kappa shape index (κ2) is 6.34. The molecule has 5 nitrogen and oxygen atoms in total. The molecule has 0 atom stereocenters. The van der Waals surface area contributed by atoms with Gasteiger partial charge in [0, 0.05) is 25.2 Å². The molecule has 0 aliphatic heterocycles. The minimum absolute atomic E-state index is 0.147. The molecule has 2 rings (SSSR count). The number of benzene rings is 1. The van der Waals surface area contributed by atoms with E-state index in [0.29, 0.717) is 11.9 Å². The number of methoxy groups -OCH3 is 1. The van der Waals surface area contributed by atoms with Crippen molar-refractivity contribution in [1.82, 2.24) is 9.88 Å². The molecular formula is C15H18N2O3. The lowest BCUT2D eigenvalue weighted by atomic mass is 10.1. The first kappa shape index (κ1) is 14.3. The molecule has 0 saturated carbocycles. The Morgan fingerprint density at radius 1 is 1.35 bits per heavy atom. The monoisotopic (exact) mass is 274 g/mol. The fourth-order valence-corrected chi connectivity index (χ4v) is 2.09. The molecule has 0 fully saturated rings. The number of fused-ring (bicyclic) bond motifs is 1. The van der Waals surface area contributed by atoms with E-state index in [1.165, 1.54) is 0 Å². The van der Waals surface area contributed by atoms with Crippen molar-refractivity contribution < 1.29 is 9.53 Å². The van der Waals surface area contributed by atoms with Crippen molar-refractivity contribution in [2.45, 2.75) is 20.1 Å². The Labute approximate surface area is 117 Å². The Balaban J connectivity index is 2.58. The van der Waals surface area contributed by atoms with Gasteiger partial charge in [0.2, 0.25) is 5.43 Å². The van der Waals surface area contributed by atoms with E-state index < -0.39 is 0 Å². The van der Waals surface area contributed by atoms with Crippen LogP contribution >= 0.6 is 0 Å². The minimum Gasteiger partial charge on any atom is -0.364 e. The maximum Gasteiger partial charge on any atom is 0.256 e. The van der Waals surface area contributed by atoms with Crippen LogP contribution in [0.1, 0.15) is 23.7 Å². The highest BCUT2D eigenvalue weighted by atomic mass is 16.5. The van der Waals surface area contributed by atoms with Gasteiger partial charge in [0.15, 0.2) is 0 Å². The van der Waals surface area contributed by atoms with Crippen molar-refractivity contribution in [2.75, 3.05) is 13.7 Å². The number of carbonyl (C=O) groups excluding carboxylic acids is 1. The first-order valence-corrected chi connectivity index (χ1v) is 6.58. The SMILES string of the molecule is CCCNC(=O)c1cn(COC)c2ccccc2c1=O. The van der Waals surface area contributed by atoms with Crippen LogP contribution in [0.2, 0.25) is 0 Å². The van der Waals surface area contributed by atoms with E-state index in [1.807, 2.05) is 19.1 Å². The smallest absolute Gasteiger partial charge is 0.256 e. The van der Waals surface area contributed by atoms with Crippen LogP contribution in [-0.2, 0) is 11.5 Å². The normalized spacial score (nSPS) is 10.7. The third kappa shape index (κ3) is 2.72. The number of aromatic nitrogens is 1. The Kier molecular flexibility index (Phi) is 4.53. The second-order valence-electron chi connectivity index (χ2n) is 4.53. The van der Waals surface area contributed by atoms with Gasteiger partial charge < -0.3 is 14.6 Å². The summed E-state index contributed by atoms with van der Waals surface area (Å²) in [5.41, 5.74) is 0.655. The Bertz CT molecular complexity index is 676. The van der Waals surface area contributed by atoms with Crippen molar-refractivity contribution in [1.29, 1.82) is 0 Å². The molecule has 1 heterocycles. The molecule has 0 bridgehead atoms. The molecule has 20 heavy (non-hydrogen) atoms. The maximum atomic E-state index is 12.4. The van der Waals surface area contributed by atoms with Crippen LogP contribution in [0.4, 0.5) is 0 Å². The first-order chi connectivity index (χ1) is 9.69. The molecule has 106 valence electrons. The van der Waals surface area contributed by atoms with Crippen molar-refractivity contribution in [3.63, 3.8) is 0 Å². The van der Waals surface area contributed by atoms with Gasteiger partial charge in [0.1, 0.15) is 12.3 Å². The van der Waals surface area contributed by atoms with Gasteiger partial charge in [-0.05, 0) is 18.6 Å². The predicted octanol–water partition coefficient (Wildman–Crippen LogP) is 1.75. The lowest BCUT2D eigenvalue weighted by molar-refractivity contribution is 0.0950. The Hall–Kier alpha value is -2.14. The number of carbonyl (C=O) groups is 1. The molecule has 0 saturated heterocycles. The summed E-state index contributed by atoms with van der Waals surface area (Å²) in [6, 6.07) is 7.20. The van der Waals surface area contributed by atoms with E-state index in [-0.39, 0.29) is 23.6 Å². The van der Waals surface area contributed by atoms with Gasteiger partial charge in [-0.25, -0.2) is 0 Å². The van der Waals surface area contributed by atoms with Crippen molar-refractivity contribution in [2.24, 2.45) is 0 Å². The predicted molar refractivity (Wildman–Crippen MR) is 77.8 cm³/mol. The van der Waals surface area contributed by atoms with Crippen LogP contribution in [0.3, 0.4) is 0 Å². The van der Waals surface area contributed by atoms with E-state index in [1.54, 1.807) is 30.0 Å². The highest BCUT2D eigenvalue weighted by Crippen LogP contribution is 2.11. The summed E-state index contributed by atoms with van der Waals surface area (Å²) < 4.78 is 6.88. The standard InChI is InChI=1S/C15H18N2O3/c1-3-8-16-15(19)12-9-17(10-20-2)13-7-5-4-6-11(13)14(12)18/h4-7,9H,3,8,10H2,1-2H3,(H,16,19). The van der Waals surface area contributed by atoms with Gasteiger partial charge in [0.05, 0.1) is 5.52 Å². The Morgan fingerprint density at radius 2 is 2.10 bits per heavy atom. The molecular weight excluding hydrogens is 256 g/mol. The number of nitrogens with zero attached hydrogens (tertiary/aromatic N) is 1. The fraction of sp³-hybridized carbons (Fsp3) is 0.333. The molecule has 0 unspecified atom stereocenters. The zero-order chi connectivity index (χ0) is 14.5. The fourth-order valence-electron chi connectivity index (χ4n) is 2.09. The molecule has 1 amide bonds. The van der Waals surface area contributed by atoms with Crippen molar-refractivity contribution in [3.8, 4) is 0 Å². The molecule has 2 aromatic rings. The molecule has 0 aliphatic rings. The van der Waals surface area contributed by atoms with Gasteiger partial charge in [-0.2, -0.15) is 0 Å². The quantitative estimate of drug-likeness (QED) is 0.903. The van der Waals surface area contributed by atoms with Crippen LogP contribution in [0.5, 0.6) is 0 Å². The number of pyridine rings is 1. The largest absolute Gasteiger partial charge is 0.364 e. The molecule has 1 aromatic heterocycles.